The minimum absolute atomic E-state index is 0.665. The number of nitrogens with zero attached hydrogens (tertiary/aromatic N) is 2. The summed E-state index contributed by atoms with van der Waals surface area (Å²) in [6.45, 7) is 6.39. The van der Waals surface area contributed by atoms with E-state index >= 15 is 0 Å². The molecule has 0 unspecified atom stereocenters. The topological polar surface area (TPSA) is 62.5 Å². The average Bonchev–Trinajstić information content (AvgIpc) is 3.32. The normalized spacial score (nSPS) is 11.5. The fraction of sp³-hybridized carbons (Fsp3) is 0.300. The molecule has 0 aliphatic heterocycles. The molecule has 0 fully saturated rings. The van der Waals surface area contributed by atoms with Crippen molar-refractivity contribution in [2.24, 2.45) is 4.99 Å². The van der Waals surface area contributed by atoms with Crippen LogP contribution in [0.4, 0.5) is 0 Å². The van der Waals surface area contributed by atoms with Crippen molar-refractivity contribution in [3.63, 3.8) is 0 Å². The van der Waals surface area contributed by atoms with Gasteiger partial charge in [-0.3, -0.25) is 0 Å². The van der Waals surface area contributed by atoms with Crippen LogP contribution in [0.5, 0.6) is 0 Å². The lowest BCUT2D eigenvalue weighted by Gasteiger charge is -2.10. The highest BCUT2D eigenvalue weighted by Gasteiger charge is 2.07. The first-order chi connectivity index (χ1) is 12.7. The van der Waals surface area contributed by atoms with E-state index in [0.717, 1.165) is 36.7 Å². The highest BCUT2D eigenvalue weighted by atomic mass is 32.1. The Balaban J connectivity index is 1.53. The maximum atomic E-state index is 5.61. The van der Waals surface area contributed by atoms with Gasteiger partial charge in [-0.25, -0.2) is 9.98 Å². The Labute approximate surface area is 158 Å². The molecule has 0 spiro atoms. The molecule has 1 aromatic carbocycles. The zero-order chi connectivity index (χ0) is 18.2. The van der Waals surface area contributed by atoms with E-state index in [1.54, 1.807) is 17.6 Å². The molecule has 0 bridgehead atoms. The Bertz CT molecular complexity index is 822. The van der Waals surface area contributed by atoms with Crippen LogP contribution in [-0.2, 0) is 13.0 Å². The smallest absolute Gasteiger partial charge is 0.226 e. The molecule has 2 aromatic heterocycles. The molecule has 3 rings (SSSR count). The third kappa shape index (κ3) is 5.20. The number of nitrogens with one attached hydrogen (secondary N) is 2. The molecule has 0 radical (unpaired) electrons. The Morgan fingerprint density at radius 3 is 2.77 bits per heavy atom. The first-order valence-electron chi connectivity index (χ1n) is 8.79. The van der Waals surface area contributed by atoms with Crippen molar-refractivity contribution in [2.75, 3.05) is 13.1 Å². The Morgan fingerprint density at radius 1 is 1.19 bits per heavy atom. The molecular formula is C20H24N4OS. The summed E-state index contributed by atoms with van der Waals surface area (Å²) in [5, 5.41) is 10.8. The second-order valence-electron chi connectivity index (χ2n) is 6.01. The van der Waals surface area contributed by atoms with Crippen molar-refractivity contribution in [1.82, 2.24) is 15.6 Å². The summed E-state index contributed by atoms with van der Waals surface area (Å²) in [6, 6.07) is 10.3. The fourth-order valence-corrected chi connectivity index (χ4v) is 3.11. The van der Waals surface area contributed by atoms with Crippen LogP contribution in [-0.4, -0.2) is 24.0 Å². The lowest BCUT2D eigenvalue weighted by atomic mass is 10.1. The number of hydrogen-bond acceptors (Lipinski definition) is 4. The zero-order valence-corrected chi connectivity index (χ0v) is 16.0. The van der Waals surface area contributed by atoms with Gasteiger partial charge in [0, 0.05) is 25.1 Å². The number of aryl methyl sites for hydroxylation is 1. The van der Waals surface area contributed by atoms with Crippen molar-refractivity contribution in [3.05, 3.63) is 64.2 Å². The third-order valence-electron chi connectivity index (χ3n) is 3.87. The van der Waals surface area contributed by atoms with Gasteiger partial charge < -0.3 is 15.1 Å². The highest BCUT2D eigenvalue weighted by molar-refractivity contribution is 7.07. The molecule has 0 aliphatic carbocycles. The van der Waals surface area contributed by atoms with E-state index in [1.807, 2.05) is 12.1 Å². The highest BCUT2D eigenvalue weighted by Crippen LogP contribution is 2.19. The van der Waals surface area contributed by atoms with Gasteiger partial charge in [0.25, 0.3) is 0 Å². The van der Waals surface area contributed by atoms with Crippen LogP contribution in [0.25, 0.3) is 11.5 Å². The number of rotatable bonds is 7. The molecule has 2 heterocycles. The maximum Gasteiger partial charge on any atom is 0.226 e. The summed E-state index contributed by atoms with van der Waals surface area (Å²) in [5.41, 5.74) is 4.39. The zero-order valence-electron chi connectivity index (χ0n) is 15.2. The molecule has 2 N–H and O–H groups in total. The second-order valence-corrected chi connectivity index (χ2v) is 6.79. The summed E-state index contributed by atoms with van der Waals surface area (Å²) >= 11 is 1.69. The van der Waals surface area contributed by atoms with Gasteiger partial charge in [0.05, 0.1) is 12.2 Å². The predicted octanol–water partition coefficient (Wildman–Crippen LogP) is 4.01. The summed E-state index contributed by atoms with van der Waals surface area (Å²) in [4.78, 5) is 9.18. The summed E-state index contributed by atoms with van der Waals surface area (Å²) in [5.74, 6) is 1.49. The molecule has 0 amide bonds. The molecule has 0 atom stereocenters. The van der Waals surface area contributed by atoms with Crippen molar-refractivity contribution < 1.29 is 4.42 Å². The fourth-order valence-electron chi connectivity index (χ4n) is 2.45. The van der Waals surface area contributed by atoms with E-state index in [-0.39, 0.29) is 0 Å². The van der Waals surface area contributed by atoms with Gasteiger partial charge in [0.2, 0.25) is 5.89 Å². The van der Waals surface area contributed by atoms with Gasteiger partial charge in [-0.05, 0) is 48.4 Å². The largest absolute Gasteiger partial charge is 0.444 e. The van der Waals surface area contributed by atoms with Gasteiger partial charge in [0.15, 0.2) is 5.96 Å². The van der Waals surface area contributed by atoms with Crippen LogP contribution in [0.3, 0.4) is 0 Å². The van der Waals surface area contributed by atoms with E-state index in [4.69, 9.17) is 4.42 Å². The van der Waals surface area contributed by atoms with Gasteiger partial charge in [-0.2, -0.15) is 11.3 Å². The summed E-state index contributed by atoms with van der Waals surface area (Å²) in [7, 11) is 0. The van der Waals surface area contributed by atoms with Crippen molar-refractivity contribution >= 4 is 17.3 Å². The van der Waals surface area contributed by atoms with Crippen LogP contribution in [0.2, 0.25) is 0 Å². The van der Waals surface area contributed by atoms with Crippen LogP contribution in [0.1, 0.15) is 23.7 Å². The van der Waals surface area contributed by atoms with Crippen molar-refractivity contribution in [3.8, 4) is 11.5 Å². The minimum Gasteiger partial charge on any atom is -0.444 e. The first-order valence-corrected chi connectivity index (χ1v) is 9.73. The number of oxazole rings is 1. The van der Waals surface area contributed by atoms with E-state index < -0.39 is 0 Å². The molecule has 6 heteroatoms. The van der Waals surface area contributed by atoms with Crippen molar-refractivity contribution in [1.29, 1.82) is 0 Å². The number of benzene rings is 1. The number of thiophene rings is 1. The van der Waals surface area contributed by atoms with Gasteiger partial charge in [-0.1, -0.05) is 17.7 Å². The monoisotopic (exact) mass is 368 g/mol. The molecule has 5 nitrogen and oxygen atoms in total. The summed E-state index contributed by atoms with van der Waals surface area (Å²) in [6.07, 6.45) is 2.50. The third-order valence-corrected chi connectivity index (χ3v) is 4.60. The van der Waals surface area contributed by atoms with Crippen molar-refractivity contribution in [2.45, 2.75) is 26.8 Å². The number of hydrogen-bond donors (Lipinski definition) is 2. The number of aromatic nitrogens is 1. The van der Waals surface area contributed by atoms with Crippen LogP contribution in [0, 0.1) is 6.92 Å². The quantitative estimate of drug-likeness (QED) is 0.489. The van der Waals surface area contributed by atoms with Gasteiger partial charge >= 0.3 is 0 Å². The number of aliphatic imine (C=N–C) groups is 1. The second kappa shape index (κ2) is 9.20. The van der Waals surface area contributed by atoms with Gasteiger partial charge in [-0.15, -0.1) is 0 Å². The Hall–Kier alpha value is -2.60. The molecule has 136 valence electrons. The molecule has 0 saturated heterocycles. The van der Waals surface area contributed by atoms with Gasteiger partial charge in [0.1, 0.15) is 6.26 Å². The number of guanidine groups is 1. The van der Waals surface area contributed by atoms with Crippen LogP contribution >= 0.6 is 11.3 Å². The average molecular weight is 369 g/mol. The van der Waals surface area contributed by atoms with E-state index in [2.05, 4.69) is 63.4 Å². The SMILES string of the molecule is CCNC(=NCc1ccsc1)NCCc1coc(-c2ccc(C)cc2)n1. The van der Waals surface area contributed by atoms with E-state index in [1.165, 1.54) is 11.1 Å². The van der Waals surface area contributed by atoms with E-state index in [0.29, 0.717) is 12.4 Å². The first kappa shape index (κ1) is 18.2. The minimum atomic E-state index is 0.665. The summed E-state index contributed by atoms with van der Waals surface area (Å²) < 4.78 is 5.61. The molecule has 0 aliphatic rings. The standard InChI is InChI=1S/C20H24N4OS/c1-3-21-20(23-12-16-9-11-26-14-16)22-10-8-18-13-25-19(24-18)17-6-4-15(2)5-7-17/h4-7,9,11,13-14H,3,8,10,12H2,1-2H3,(H2,21,22,23). The van der Waals surface area contributed by atoms with Crippen LogP contribution in [0.15, 0.2) is 56.8 Å². The predicted molar refractivity (Wildman–Crippen MR) is 108 cm³/mol. The lowest BCUT2D eigenvalue weighted by molar-refractivity contribution is 0.572. The molecule has 0 saturated carbocycles. The maximum absolute atomic E-state index is 5.61. The molecular weight excluding hydrogens is 344 g/mol. The molecule has 3 aromatic rings. The molecule has 26 heavy (non-hydrogen) atoms. The lowest BCUT2D eigenvalue weighted by Crippen LogP contribution is -2.38. The Kier molecular flexibility index (Phi) is 6.44. The van der Waals surface area contributed by atoms with Crippen LogP contribution < -0.4 is 10.6 Å². The van der Waals surface area contributed by atoms with E-state index in [9.17, 15) is 0 Å². The Morgan fingerprint density at radius 2 is 2.04 bits per heavy atom.